The van der Waals surface area contributed by atoms with Gasteiger partial charge in [0.25, 0.3) is 5.91 Å². The molecule has 0 aliphatic heterocycles. The molecule has 0 heterocycles. The molecule has 1 amide bonds. The Morgan fingerprint density at radius 2 is 2.15 bits per heavy atom. The number of benzene rings is 1. The molecule has 0 bridgehead atoms. The van der Waals surface area contributed by atoms with E-state index in [-0.39, 0.29) is 31.2 Å². The van der Waals surface area contributed by atoms with Crippen molar-refractivity contribution in [3.8, 4) is 5.75 Å². The Labute approximate surface area is 133 Å². The minimum absolute atomic E-state index is 0. The summed E-state index contributed by atoms with van der Waals surface area (Å²) in [5.41, 5.74) is 5.56. The van der Waals surface area contributed by atoms with Crippen molar-refractivity contribution < 1.29 is 14.6 Å². The van der Waals surface area contributed by atoms with Gasteiger partial charge in [-0.15, -0.1) is 12.4 Å². The van der Waals surface area contributed by atoms with E-state index in [1.165, 1.54) is 0 Å². The Hall–Kier alpha value is -0.820. The Morgan fingerprint density at radius 3 is 2.70 bits per heavy atom. The van der Waals surface area contributed by atoms with Crippen molar-refractivity contribution in [3.05, 3.63) is 28.2 Å². The zero-order valence-electron chi connectivity index (χ0n) is 11.5. The van der Waals surface area contributed by atoms with E-state index in [4.69, 9.17) is 10.5 Å². The third-order valence-corrected chi connectivity index (χ3v) is 3.04. The van der Waals surface area contributed by atoms with Gasteiger partial charge < -0.3 is 20.9 Å². The number of rotatable bonds is 7. The fraction of sp³-hybridized carbons (Fsp3) is 0.462. The number of amides is 1. The number of primary amides is 1. The van der Waals surface area contributed by atoms with Gasteiger partial charge >= 0.3 is 0 Å². The summed E-state index contributed by atoms with van der Waals surface area (Å²) in [5, 5.41) is 12.4. The fourth-order valence-corrected chi connectivity index (χ4v) is 1.77. The van der Waals surface area contributed by atoms with Crippen LogP contribution in [0.5, 0.6) is 5.75 Å². The minimum atomic E-state index is -0.516. The van der Waals surface area contributed by atoms with Crippen LogP contribution in [0.15, 0.2) is 22.7 Å². The SMILES string of the molecule is CC(C)(CO)NCc1cc(Br)ccc1OCC(N)=O.Cl. The number of hydrogen-bond acceptors (Lipinski definition) is 4. The molecule has 20 heavy (non-hydrogen) atoms. The van der Waals surface area contributed by atoms with Gasteiger partial charge in [0.2, 0.25) is 0 Å². The lowest BCUT2D eigenvalue weighted by atomic mass is 10.1. The molecule has 0 aliphatic carbocycles. The highest BCUT2D eigenvalue weighted by atomic mass is 79.9. The van der Waals surface area contributed by atoms with Crippen LogP contribution in [0.3, 0.4) is 0 Å². The molecule has 0 saturated carbocycles. The molecule has 0 radical (unpaired) electrons. The molecule has 5 nitrogen and oxygen atoms in total. The predicted octanol–water partition coefficient (Wildman–Crippen LogP) is 1.60. The van der Waals surface area contributed by atoms with Crippen molar-refractivity contribution in [2.45, 2.75) is 25.9 Å². The van der Waals surface area contributed by atoms with Crippen LogP contribution in [0, 0.1) is 0 Å². The predicted molar refractivity (Wildman–Crippen MR) is 84.1 cm³/mol. The molecular weight excluding hydrogens is 348 g/mol. The number of nitrogens with two attached hydrogens (primary N) is 1. The molecule has 114 valence electrons. The highest BCUT2D eigenvalue weighted by Crippen LogP contribution is 2.23. The van der Waals surface area contributed by atoms with Crippen LogP contribution in [0.25, 0.3) is 0 Å². The average Bonchev–Trinajstić information content (AvgIpc) is 2.35. The lowest BCUT2D eigenvalue weighted by Gasteiger charge is -2.24. The van der Waals surface area contributed by atoms with Crippen LogP contribution in [0.4, 0.5) is 0 Å². The van der Waals surface area contributed by atoms with E-state index in [1.54, 1.807) is 6.07 Å². The van der Waals surface area contributed by atoms with Gasteiger partial charge in [0.15, 0.2) is 6.61 Å². The summed E-state index contributed by atoms with van der Waals surface area (Å²) < 4.78 is 6.27. The first-order valence-electron chi connectivity index (χ1n) is 5.89. The van der Waals surface area contributed by atoms with Gasteiger partial charge in [0, 0.05) is 22.1 Å². The zero-order chi connectivity index (χ0) is 14.5. The summed E-state index contributed by atoms with van der Waals surface area (Å²) in [6, 6.07) is 5.50. The van der Waals surface area contributed by atoms with E-state index in [9.17, 15) is 9.90 Å². The molecule has 0 fully saturated rings. The molecule has 7 heteroatoms. The molecule has 0 unspecified atom stereocenters. The fourth-order valence-electron chi connectivity index (χ4n) is 1.37. The number of carbonyl (C=O) groups excluding carboxylic acids is 1. The molecular formula is C13H20BrClN2O3. The van der Waals surface area contributed by atoms with Gasteiger partial charge in [-0.25, -0.2) is 0 Å². The zero-order valence-corrected chi connectivity index (χ0v) is 13.9. The van der Waals surface area contributed by atoms with Crippen molar-refractivity contribution in [1.82, 2.24) is 5.32 Å². The monoisotopic (exact) mass is 366 g/mol. The maximum Gasteiger partial charge on any atom is 0.255 e. The van der Waals surface area contributed by atoms with Crippen molar-refractivity contribution in [2.75, 3.05) is 13.2 Å². The van der Waals surface area contributed by atoms with Crippen molar-refractivity contribution in [1.29, 1.82) is 0 Å². The van der Waals surface area contributed by atoms with E-state index in [0.717, 1.165) is 10.0 Å². The quantitative estimate of drug-likeness (QED) is 0.683. The minimum Gasteiger partial charge on any atom is -0.483 e. The van der Waals surface area contributed by atoms with Gasteiger partial charge in [-0.2, -0.15) is 0 Å². The molecule has 0 saturated heterocycles. The van der Waals surface area contributed by atoms with Crippen molar-refractivity contribution >= 4 is 34.2 Å². The van der Waals surface area contributed by atoms with E-state index >= 15 is 0 Å². The molecule has 0 aliphatic rings. The van der Waals surface area contributed by atoms with Gasteiger partial charge in [0.1, 0.15) is 5.75 Å². The number of aliphatic hydroxyl groups is 1. The number of halogens is 2. The molecule has 0 atom stereocenters. The number of ether oxygens (including phenoxy) is 1. The Kier molecular flexibility index (Phi) is 8.12. The summed E-state index contributed by atoms with van der Waals surface area (Å²) in [6.45, 7) is 4.18. The lowest BCUT2D eigenvalue weighted by molar-refractivity contribution is -0.119. The molecule has 1 aromatic carbocycles. The number of aliphatic hydroxyl groups excluding tert-OH is 1. The van der Waals surface area contributed by atoms with Gasteiger partial charge in [-0.05, 0) is 32.0 Å². The van der Waals surface area contributed by atoms with E-state index in [2.05, 4.69) is 21.2 Å². The largest absolute Gasteiger partial charge is 0.483 e. The normalized spacial score (nSPS) is 10.8. The van der Waals surface area contributed by atoms with Crippen molar-refractivity contribution in [3.63, 3.8) is 0 Å². The average molecular weight is 368 g/mol. The Morgan fingerprint density at radius 1 is 1.50 bits per heavy atom. The van der Waals surface area contributed by atoms with Gasteiger partial charge in [0.05, 0.1) is 6.61 Å². The Balaban J connectivity index is 0.00000361. The van der Waals surface area contributed by atoms with Crippen LogP contribution in [0.1, 0.15) is 19.4 Å². The maximum absolute atomic E-state index is 10.8. The van der Waals surface area contributed by atoms with Crippen LogP contribution < -0.4 is 15.8 Å². The van der Waals surface area contributed by atoms with Gasteiger partial charge in [-0.1, -0.05) is 15.9 Å². The number of nitrogens with one attached hydrogen (secondary N) is 1. The first-order chi connectivity index (χ1) is 8.84. The first-order valence-corrected chi connectivity index (χ1v) is 6.69. The second-order valence-electron chi connectivity index (χ2n) is 4.90. The van der Waals surface area contributed by atoms with E-state index in [0.29, 0.717) is 12.3 Å². The Bertz CT molecular complexity index is 455. The standard InChI is InChI=1S/C13H19BrN2O3.ClH/c1-13(2,8-17)16-6-9-5-10(14)3-4-11(9)19-7-12(15)18;/h3-5,16-17H,6-8H2,1-2H3,(H2,15,18);1H. The van der Waals surface area contributed by atoms with E-state index < -0.39 is 5.91 Å². The number of hydrogen-bond donors (Lipinski definition) is 3. The van der Waals surface area contributed by atoms with Crippen LogP contribution in [-0.2, 0) is 11.3 Å². The maximum atomic E-state index is 10.8. The second-order valence-corrected chi connectivity index (χ2v) is 5.82. The molecule has 0 aromatic heterocycles. The highest BCUT2D eigenvalue weighted by molar-refractivity contribution is 9.10. The summed E-state index contributed by atoms with van der Waals surface area (Å²) in [5.74, 6) is 0.0840. The summed E-state index contributed by atoms with van der Waals surface area (Å²) in [6.07, 6.45) is 0. The highest BCUT2D eigenvalue weighted by Gasteiger charge is 2.16. The van der Waals surface area contributed by atoms with Gasteiger partial charge in [-0.3, -0.25) is 4.79 Å². The van der Waals surface area contributed by atoms with Crippen LogP contribution in [-0.4, -0.2) is 29.8 Å². The van der Waals surface area contributed by atoms with Crippen molar-refractivity contribution in [2.24, 2.45) is 5.73 Å². The molecule has 1 aromatic rings. The van der Waals surface area contributed by atoms with Crippen LogP contribution >= 0.6 is 28.3 Å². The molecule has 4 N–H and O–H groups in total. The molecule has 0 spiro atoms. The first kappa shape index (κ1) is 19.2. The van der Waals surface area contributed by atoms with E-state index in [1.807, 2.05) is 26.0 Å². The number of carbonyl (C=O) groups is 1. The topological polar surface area (TPSA) is 84.6 Å². The molecule has 1 rings (SSSR count). The summed E-state index contributed by atoms with van der Waals surface area (Å²) >= 11 is 3.39. The van der Waals surface area contributed by atoms with Crippen LogP contribution in [0.2, 0.25) is 0 Å². The third kappa shape index (κ3) is 6.56. The third-order valence-electron chi connectivity index (χ3n) is 2.55. The second kappa shape index (κ2) is 8.46. The smallest absolute Gasteiger partial charge is 0.255 e. The summed E-state index contributed by atoms with van der Waals surface area (Å²) in [7, 11) is 0. The summed E-state index contributed by atoms with van der Waals surface area (Å²) in [4.78, 5) is 10.8. The lowest BCUT2D eigenvalue weighted by Crippen LogP contribution is -2.42.